The van der Waals surface area contributed by atoms with E-state index in [0.717, 1.165) is 64.8 Å². The summed E-state index contributed by atoms with van der Waals surface area (Å²) in [5, 5.41) is 24.2. The predicted molar refractivity (Wildman–Crippen MR) is 165 cm³/mol. The molecule has 0 aliphatic carbocycles. The van der Waals surface area contributed by atoms with Gasteiger partial charge in [0, 0.05) is 18.5 Å². The second-order valence-corrected chi connectivity index (χ2v) is 10.6. The highest BCUT2D eigenvalue weighted by molar-refractivity contribution is 6.01. The first-order valence-electron chi connectivity index (χ1n) is 14.7. The van der Waals surface area contributed by atoms with Crippen LogP contribution < -0.4 is 4.74 Å². The number of ether oxygens (including phenoxy) is 2. The molecule has 8 nitrogen and oxygen atoms in total. The maximum atomic E-state index is 11.3. The molecule has 0 saturated carbocycles. The molecule has 4 aromatic rings. The molecular formula is C34H39N3O5. The molecule has 0 spiro atoms. The average Bonchev–Trinajstić information content (AvgIpc) is 3.44. The summed E-state index contributed by atoms with van der Waals surface area (Å²) >= 11 is 0. The molecule has 0 radical (unpaired) electrons. The van der Waals surface area contributed by atoms with Gasteiger partial charge in [-0.3, -0.25) is 0 Å². The van der Waals surface area contributed by atoms with Crippen LogP contribution in [0.4, 0.5) is 4.79 Å². The number of amides is 1. The summed E-state index contributed by atoms with van der Waals surface area (Å²) < 4.78 is 13.9. The summed E-state index contributed by atoms with van der Waals surface area (Å²) in [6, 6.07) is 23.0. The molecule has 8 heteroatoms. The van der Waals surface area contributed by atoms with E-state index in [1.807, 2.05) is 23.0 Å². The van der Waals surface area contributed by atoms with E-state index in [-0.39, 0.29) is 32.5 Å². The maximum absolute atomic E-state index is 11.3. The third-order valence-corrected chi connectivity index (χ3v) is 7.85. The van der Waals surface area contributed by atoms with Gasteiger partial charge in [-0.05, 0) is 90.3 Å². The molecular weight excluding hydrogens is 530 g/mol. The van der Waals surface area contributed by atoms with E-state index >= 15 is 0 Å². The van der Waals surface area contributed by atoms with E-state index in [1.54, 1.807) is 0 Å². The molecule has 220 valence electrons. The molecule has 1 aromatic heterocycles. The molecule has 3 aromatic carbocycles. The smallest absolute Gasteiger partial charge is 0.407 e. The van der Waals surface area contributed by atoms with Gasteiger partial charge in [-0.2, -0.15) is 5.10 Å². The minimum atomic E-state index is -1.07. The van der Waals surface area contributed by atoms with Crippen LogP contribution in [0.3, 0.4) is 0 Å². The van der Waals surface area contributed by atoms with Gasteiger partial charge in [-0.15, -0.1) is 0 Å². The van der Waals surface area contributed by atoms with Crippen LogP contribution in [0.15, 0.2) is 72.9 Å². The quantitative estimate of drug-likeness (QED) is 0.194. The van der Waals surface area contributed by atoms with Crippen LogP contribution in [0.2, 0.25) is 0 Å². The van der Waals surface area contributed by atoms with Gasteiger partial charge in [0.2, 0.25) is 0 Å². The Bertz CT molecular complexity index is 1540. The first-order valence-corrected chi connectivity index (χ1v) is 14.7. The number of aliphatic hydroxyl groups excluding tert-OH is 1. The molecule has 1 aliphatic rings. The van der Waals surface area contributed by atoms with Crippen molar-refractivity contribution in [1.29, 1.82) is 0 Å². The van der Waals surface area contributed by atoms with Crippen molar-refractivity contribution in [2.75, 3.05) is 32.9 Å². The number of allylic oxidation sites excluding steroid dienone is 1. The number of carbonyl (C=O) groups is 1. The number of aryl methyl sites for hydroxylation is 1. The largest absolute Gasteiger partial charge is 0.492 e. The highest BCUT2D eigenvalue weighted by Gasteiger charge is 2.20. The van der Waals surface area contributed by atoms with Crippen LogP contribution in [0.1, 0.15) is 61.1 Å². The van der Waals surface area contributed by atoms with Gasteiger partial charge in [-0.25, -0.2) is 9.48 Å². The van der Waals surface area contributed by atoms with Crippen LogP contribution in [-0.2, 0) is 4.74 Å². The Kier molecular flexibility index (Phi) is 9.56. The molecule has 1 atom stereocenters. The van der Waals surface area contributed by atoms with Crippen LogP contribution in [0, 0.1) is 6.92 Å². The number of rotatable bonds is 11. The Morgan fingerprint density at radius 3 is 2.55 bits per heavy atom. The summed E-state index contributed by atoms with van der Waals surface area (Å²) in [5.74, 6) is 0.658. The van der Waals surface area contributed by atoms with Gasteiger partial charge < -0.3 is 24.6 Å². The van der Waals surface area contributed by atoms with Crippen LogP contribution >= 0.6 is 0 Å². The third kappa shape index (κ3) is 6.50. The molecule has 2 heterocycles. The lowest BCUT2D eigenvalue weighted by atomic mass is 9.86. The molecule has 1 amide bonds. The molecule has 1 aliphatic heterocycles. The molecule has 1 fully saturated rings. The van der Waals surface area contributed by atoms with Crippen molar-refractivity contribution < 1.29 is 24.5 Å². The standard InChI is InChI=1S/C34H39N3O5/c1-3-29(30-9-5-4-8-24(30)2)33(25-11-14-28(15-12-25)41-21-18-36(17-19-38)34(39)40)26-13-16-31-27(22-26)23-35-37(31)32-10-6-7-20-42-32/h4-5,8-9,11-16,22-23,32,38H,3,6-7,10,17-21H2,1-2H3,(H,39,40). The molecule has 1 saturated heterocycles. The Morgan fingerprint density at radius 1 is 1.07 bits per heavy atom. The molecule has 5 rings (SSSR count). The van der Waals surface area contributed by atoms with E-state index in [0.29, 0.717) is 5.75 Å². The van der Waals surface area contributed by atoms with Gasteiger partial charge in [0.05, 0.1) is 24.9 Å². The lowest BCUT2D eigenvalue weighted by molar-refractivity contribution is -0.0366. The number of carboxylic acid groups (broad SMARTS) is 1. The van der Waals surface area contributed by atoms with Crippen molar-refractivity contribution in [3.05, 3.63) is 95.2 Å². The number of aromatic nitrogens is 2. The topological polar surface area (TPSA) is 97.0 Å². The van der Waals surface area contributed by atoms with Gasteiger partial charge in [0.25, 0.3) is 0 Å². The second kappa shape index (κ2) is 13.7. The van der Waals surface area contributed by atoms with Crippen LogP contribution in [-0.4, -0.2) is 63.9 Å². The fraction of sp³-hybridized carbons (Fsp3) is 0.353. The summed E-state index contributed by atoms with van der Waals surface area (Å²) in [7, 11) is 0. The zero-order valence-electron chi connectivity index (χ0n) is 24.3. The van der Waals surface area contributed by atoms with E-state index in [9.17, 15) is 9.90 Å². The van der Waals surface area contributed by atoms with Gasteiger partial charge in [0.1, 0.15) is 12.4 Å². The highest BCUT2D eigenvalue weighted by Crippen LogP contribution is 2.37. The fourth-order valence-corrected chi connectivity index (χ4v) is 5.70. The van der Waals surface area contributed by atoms with E-state index in [4.69, 9.17) is 19.7 Å². The van der Waals surface area contributed by atoms with Crippen molar-refractivity contribution in [2.45, 2.75) is 45.8 Å². The Hall–Kier alpha value is -4.14. The zero-order chi connectivity index (χ0) is 29.5. The molecule has 0 bridgehead atoms. The predicted octanol–water partition coefficient (Wildman–Crippen LogP) is 6.76. The molecule has 1 unspecified atom stereocenters. The first kappa shape index (κ1) is 29.4. The summed E-state index contributed by atoms with van der Waals surface area (Å²) in [5.41, 5.74) is 8.10. The zero-order valence-corrected chi connectivity index (χ0v) is 24.3. The monoisotopic (exact) mass is 569 g/mol. The van der Waals surface area contributed by atoms with Crippen LogP contribution in [0.25, 0.3) is 22.0 Å². The minimum Gasteiger partial charge on any atom is -0.492 e. The van der Waals surface area contributed by atoms with Crippen molar-refractivity contribution in [3.8, 4) is 5.75 Å². The lowest BCUT2D eigenvalue weighted by Crippen LogP contribution is -2.35. The maximum Gasteiger partial charge on any atom is 0.407 e. The minimum absolute atomic E-state index is 0.0194. The van der Waals surface area contributed by atoms with Crippen molar-refractivity contribution in [2.24, 2.45) is 0 Å². The first-order chi connectivity index (χ1) is 20.5. The number of hydrogen-bond acceptors (Lipinski definition) is 5. The summed E-state index contributed by atoms with van der Waals surface area (Å²) in [6.07, 6.45) is 4.91. The number of benzene rings is 3. The Morgan fingerprint density at radius 2 is 1.86 bits per heavy atom. The van der Waals surface area contributed by atoms with E-state index < -0.39 is 6.09 Å². The number of hydrogen-bond donors (Lipinski definition) is 2. The number of nitrogens with zero attached hydrogens (tertiary/aromatic N) is 3. The highest BCUT2D eigenvalue weighted by atomic mass is 16.5. The molecule has 2 N–H and O–H groups in total. The SMILES string of the molecule is CCC(=C(c1ccc(OCCN(CCO)C(=O)O)cc1)c1ccc2c(cnn2C2CCCCO2)c1)c1ccccc1C. The number of aliphatic hydroxyl groups is 1. The van der Waals surface area contributed by atoms with E-state index in [1.165, 1.54) is 16.7 Å². The number of fused-ring (bicyclic) bond motifs is 1. The van der Waals surface area contributed by atoms with Crippen LogP contribution in [0.5, 0.6) is 5.75 Å². The summed E-state index contributed by atoms with van der Waals surface area (Å²) in [4.78, 5) is 12.5. The van der Waals surface area contributed by atoms with Gasteiger partial charge in [-0.1, -0.05) is 49.4 Å². The Balaban J connectivity index is 1.49. The Labute approximate surface area is 246 Å². The average molecular weight is 570 g/mol. The normalized spacial score (nSPS) is 15.8. The molecule has 42 heavy (non-hydrogen) atoms. The van der Waals surface area contributed by atoms with Crippen molar-refractivity contribution >= 4 is 28.1 Å². The second-order valence-electron chi connectivity index (χ2n) is 10.6. The fourth-order valence-electron chi connectivity index (χ4n) is 5.70. The lowest BCUT2D eigenvalue weighted by Gasteiger charge is -2.23. The summed E-state index contributed by atoms with van der Waals surface area (Å²) in [6.45, 7) is 5.32. The van der Waals surface area contributed by atoms with Gasteiger partial charge in [0.15, 0.2) is 6.23 Å². The third-order valence-electron chi connectivity index (χ3n) is 7.85. The van der Waals surface area contributed by atoms with Crippen molar-refractivity contribution in [1.82, 2.24) is 14.7 Å². The van der Waals surface area contributed by atoms with E-state index in [2.05, 4.69) is 68.4 Å². The van der Waals surface area contributed by atoms with Crippen molar-refractivity contribution in [3.63, 3.8) is 0 Å². The van der Waals surface area contributed by atoms with Gasteiger partial charge >= 0.3 is 6.09 Å².